The molecule has 0 radical (unpaired) electrons. The second-order valence-electron chi connectivity index (χ2n) is 5.68. The van der Waals surface area contributed by atoms with Crippen LogP contribution in [0.15, 0.2) is 21.2 Å². The molecule has 4 heteroatoms. The fourth-order valence-corrected chi connectivity index (χ4v) is 3.83. The van der Waals surface area contributed by atoms with Gasteiger partial charge in [-0.2, -0.15) is 0 Å². The van der Waals surface area contributed by atoms with Gasteiger partial charge in [0.25, 0.3) is 0 Å². The summed E-state index contributed by atoms with van der Waals surface area (Å²) >= 11 is 3.62. The highest BCUT2D eigenvalue weighted by molar-refractivity contribution is 9.10. The Kier molecular flexibility index (Phi) is 5.09. The summed E-state index contributed by atoms with van der Waals surface area (Å²) in [6, 6.07) is 2.24. The topological polar surface area (TPSA) is 28.4 Å². The van der Waals surface area contributed by atoms with E-state index in [1.807, 2.05) is 6.07 Å². The first kappa shape index (κ1) is 15.1. The van der Waals surface area contributed by atoms with E-state index in [1.165, 1.54) is 32.1 Å². The molecule has 1 heterocycles. The van der Waals surface area contributed by atoms with Crippen molar-refractivity contribution in [2.75, 3.05) is 20.6 Å². The lowest BCUT2D eigenvalue weighted by molar-refractivity contribution is 0.0482. The average Bonchev–Trinajstić information content (AvgIpc) is 2.82. The number of rotatable bonds is 5. The van der Waals surface area contributed by atoms with Crippen LogP contribution in [0.4, 0.5) is 0 Å². The van der Waals surface area contributed by atoms with E-state index in [1.54, 1.807) is 6.26 Å². The summed E-state index contributed by atoms with van der Waals surface area (Å²) in [6.07, 6.45) is 8.19. The van der Waals surface area contributed by atoms with Gasteiger partial charge < -0.3 is 14.6 Å². The van der Waals surface area contributed by atoms with Gasteiger partial charge in [-0.3, -0.25) is 0 Å². The van der Waals surface area contributed by atoms with E-state index >= 15 is 0 Å². The molecule has 2 rings (SSSR count). The lowest BCUT2D eigenvalue weighted by Gasteiger charge is -2.48. The monoisotopic (exact) mass is 328 g/mol. The van der Waals surface area contributed by atoms with Gasteiger partial charge >= 0.3 is 0 Å². The summed E-state index contributed by atoms with van der Waals surface area (Å²) in [5.41, 5.74) is 0.161. The largest absolute Gasteiger partial charge is 0.466 e. The minimum Gasteiger partial charge on any atom is -0.466 e. The van der Waals surface area contributed by atoms with Crippen LogP contribution >= 0.6 is 15.9 Å². The van der Waals surface area contributed by atoms with Gasteiger partial charge in [0.15, 0.2) is 0 Å². The Bertz CT molecular complexity index is 397. The number of furan rings is 1. The molecule has 1 fully saturated rings. The lowest BCUT2D eigenvalue weighted by Crippen LogP contribution is -2.54. The van der Waals surface area contributed by atoms with Crippen molar-refractivity contribution in [3.8, 4) is 0 Å². The van der Waals surface area contributed by atoms with Crippen molar-refractivity contribution in [2.45, 2.75) is 50.6 Å². The van der Waals surface area contributed by atoms with Crippen LogP contribution in [-0.4, -0.2) is 31.1 Å². The zero-order valence-corrected chi connectivity index (χ0v) is 13.8. The molecular weight excluding hydrogens is 304 g/mol. The second-order valence-corrected chi connectivity index (χ2v) is 6.54. The predicted octanol–water partition coefficient (Wildman–Crippen LogP) is 3.96. The maximum Gasteiger partial charge on any atom is 0.136 e. The van der Waals surface area contributed by atoms with Crippen molar-refractivity contribution >= 4 is 15.9 Å². The summed E-state index contributed by atoms with van der Waals surface area (Å²) in [5.74, 6) is 1.04. The Labute approximate surface area is 124 Å². The molecule has 1 aromatic rings. The quantitative estimate of drug-likeness (QED) is 0.886. The molecule has 19 heavy (non-hydrogen) atoms. The third-order valence-electron chi connectivity index (χ3n) is 4.46. The number of halogens is 1. The molecule has 0 saturated heterocycles. The maximum absolute atomic E-state index is 5.77. The predicted molar refractivity (Wildman–Crippen MR) is 82.3 cm³/mol. The Hall–Kier alpha value is -0.320. The SMILES string of the molecule is CCNC(c1occc1Br)C1(N(C)C)CCCCC1. The number of nitrogens with zero attached hydrogens (tertiary/aromatic N) is 1. The molecule has 1 atom stereocenters. The number of nitrogens with one attached hydrogen (secondary N) is 1. The van der Waals surface area contributed by atoms with E-state index in [2.05, 4.69) is 47.2 Å². The Balaban J connectivity index is 2.37. The van der Waals surface area contributed by atoms with Crippen molar-refractivity contribution < 1.29 is 4.42 Å². The van der Waals surface area contributed by atoms with Crippen LogP contribution in [0, 0.1) is 0 Å². The van der Waals surface area contributed by atoms with Gasteiger partial charge in [0.2, 0.25) is 0 Å². The van der Waals surface area contributed by atoms with E-state index in [-0.39, 0.29) is 11.6 Å². The molecule has 1 aliphatic carbocycles. The normalized spacial score (nSPS) is 20.7. The zero-order valence-electron chi connectivity index (χ0n) is 12.2. The van der Waals surface area contributed by atoms with Gasteiger partial charge in [-0.05, 0) is 55.5 Å². The van der Waals surface area contributed by atoms with Crippen LogP contribution in [-0.2, 0) is 0 Å². The van der Waals surface area contributed by atoms with Gasteiger partial charge in [0, 0.05) is 5.54 Å². The highest BCUT2D eigenvalue weighted by atomic mass is 79.9. The summed E-state index contributed by atoms with van der Waals surface area (Å²) < 4.78 is 6.85. The molecule has 108 valence electrons. The third kappa shape index (κ3) is 2.91. The summed E-state index contributed by atoms with van der Waals surface area (Å²) in [5, 5.41) is 3.65. The van der Waals surface area contributed by atoms with E-state index in [0.29, 0.717) is 0 Å². The van der Waals surface area contributed by atoms with Crippen molar-refractivity contribution in [3.05, 3.63) is 22.6 Å². The molecule has 3 nitrogen and oxygen atoms in total. The fourth-order valence-electron chi connectivity index (χ4n) is 3.40. The van der Waals surface area contributed by atoms with Crippen molar-refractivity contribution in [1.29, 1.82) is 0 Å². The van der Waals surface area contributed by atoms with Gasteiger partial charge in [-0.25, -0.2) is 0 Å². The van der Waals surface area contributed by atoms with Gasteiger partial charge in [0.1, 0.15) is 5.76 Å². The molecule has 0 aliphatic heterocycles. The van der Waals surface area contributed by atoms with E-state index in [4.69, 9.17) is 4.42 Å². The molecule has 0 bridgehead atoms. The van der Waals surface area contributed by atoms with Crippen molar-refractivity contribution in [2.24, 2.45) is 0 Å². The highest BCUT2D eigenvalue weighted by Gasteiger charge is 2.44. The molecule has 1 aromatic heterocycles. The molecule has 0 aromatic carbocycles. The van der Waals surface area contributed by atoms with Gasteiger partial charge in [0.05, 0.1) is 16.8 Å². The number of hydrogen-bond acceptors (Lipinski definition) is 3. The van der Waals surface area contributed by atoms with Crippen molar-refractivity contribution in [1.82, 2.24) is 10.2 Å². The first-order chi connectivity index (χ1) is 9.12. The molecule has 0 spiro atoms. The first-order valence-electron chi connectivity index (χ1n) is 7.25. The van der Waals surface area contributed by atoms with Crippen LogP contribution in [0.25, 0.3) is 0 Å². The first-order valence-corrected chi connectivity index (χ1v) is 8.05. The van der Waals surface area contributed by atoms with E-state index in [0.717, 1.165) is 16.8 Å². The van der Waals surface area contributed by atoms with Crippen LogP contribution < -0.4 is 5.32 Å². The van der Waals surface area contributed by atoms with E-state index in [9.17, 15) is 0 Å². The standard InChI is InChI=1S/C15H25BrN2O/c1-4-17-14(13-12(16)8-11-19-13)15(18(2)3)9-6-5-7-10-15/h8,11,14,17H,4-7,9-10H2,1-3H3. The smallest absolute Gasteiger partial charge is 0.136 e. The summed E-state index contributed by atoms with van der Waals surface area (Å²) in [6.45, 7) is 3.11. The molecular formula is C15H25BrN2O. The molecule has 1 N–H and O–H groups in total. The minimum atomic E-state index is 0.161. The average molecular weight is 329 g/mol. The molecule has 0 amide bonds. The number of likely N-dealkylation sites (N-methyl/N-ethyl adjacent to an activating group) is 2. The summed E-state index contributed by atoms with van der Waals surface area (Å²) in [4.78, 5) is 2.40. The molecule has 1 aliphatic rings. The van der Waals surface area contributed by atoms with Crippen molar-refractivity contribution in [3.63, 3.8) is 0 Å². The Morgan fingerprint density at radius 1 is 1.37 bits per heavy atom. The lowest BCUT2D eigenvalue weighted by atomic mass is 9.74. The third-order valence-corrected chi connectivity index (χ3v) is 5.12. The molecule has 1 unspecified atom stereocenters. The fraction of sp³-hybridized carbons (Fsp3) is 0.733. The van der Waals surface area contributed by atoms with Gasteiger partial charge in [-0.15, -0.1) is 0 Å². The van der Waals surface area contributed by atoms with Gasteiger partial charge in [-0.1, -0.05) is 26.2 Å². The van der Waals surface area contributed by atoms with Crippen LogP contribution in [0.3, 0.4) is 0 Å². The number of hydrogen-bond donors (Lipinski definition) is 1. The summed E-state index contributed by atoms with van der Waals surface area (Å²) in [7, 11) is 4.40. The van der Waals surface area contributed by atoms with Crippen LogP contribution in [0.1, 0.15) is 50.8 Å². The second kappa shape index (κ2) is 6.42. The van der Waals surface area contributed by atoms with Crippen LogP contribution in [0.5, 0.6) is 0 Å². The maximum atomic E-state index is 5.77. The molecule has 1 saturated carbocycles. The van der Waals surface area contributed by atoms with Crippen LogP contribution in [0.2, 0.25) is 0 Å². The Morgan fingerprint density at radius 3 is 2.53 bits per heavy atom. The highest BCUT2D eigenvalue weighted by Crippen LogP contribution is 2.43. The van der Waals surface area contributed by atoms with E-state index < -0.39 is 0 Å². The Morgan fingerprint density at radius 2 is 2.05 bits per heavy atom. The minimum absolute atomic E-state index is 0.161. The zero-order chi connectivity index (χ0) is 13.9.